The van der Waals surface area contributed by atoms with Gasteiger partial charge in [-0.1, -0.05) is 109 Å². The number of rotatable bonds is 4. The highest BCUT2D eigenvalue weighted by Gasteiger charge is 2.47. The van der Waals surface area contributed by atoms with Crippen LogP contribution in [0.15, 0.2) is 139 Å². The van der Waals surface area contributed by atoms with Crippen molar-refractivity contribution in [2.24, 2.45) is 0 Å². The number of benzene rings is 5. The van der Waals surface area contributed by atoms with Crippen LogP contribution in [-0.4, -0.2) is 14.5 Å². The molecule has 4 heteroatoms. The molecule has 7 aromatic rings. The summed E-state index contributed by atoms with van der Waals surface area (Å²) in [5.41, 5.74) is 11.6. The summed E-state index contributed by atoms with van der Waals surface area (Å²) in [5, 5.41) is 4.94. The largest absolute Gasteiger partial charge is 0.324 e. The number of fused-ring (bicyclic) bond motifs is 6. The first-order valence-electron chi connectivity index (χ1n) is 14.7. The van der Waals surface area contributed by atoms with E-state index in [1.807, 2.05) is 23.9 Å². The van der Waals surface area contributed by atoms with E-state index in [1.54, 1.807) is 0 Å². The van der Waals surface area contributed by atoms with E-state index in [4.69, 9.17) is 9.97 Å². The second kappa shape index (κ2) is 9.29. The van der Waals surface area contributed by atoms with Crippen molar-refractivity contribution in [1.82, 2.24) is 14.5 Å². The van der Waals surface area contributed by atoms with Gasteiger partial charge in [-0.3, -0.25) is 0 Å². The number of nitrogens with zero attached hydrogens (tertiary/aromatic N) is 3. The van der Waals surface area contributed by atoms with Crippen LogP contribution in [0, 0.1) is 0 Å². The Bertz CT molecular complexity index is 2160. The van der Waals surface area contributed by atoms with Crippen molar-refractivity contribution in [2.45, 2.75) is 17.7 Å². The Hall–Kier alpha value is -4.93. The highest BCUT2D eigenvalue weighted by molar-refractivity contribution is 8.03. The lowest BCUT2D eigenvalue weighted by atomic mass is 9.90. The second-order valence-corrected chi connectivity index (χ2v) is 12.9. The molecular formula is C39H27N3S. The Labute approximate surface area is 254 Å². The van der Waals surface area contributed by atoms with Gasteiger partial charge in [0.15, 0.2) is 5.82 Å². The van der Waals surface area contributed by atoms with Crippen molar-refractivity contribution in [1.29, 1.82) is 0 Å². The smallest absolute Gasteiger partial charge is 0.160 e. The Morgan fingerprint density at radius 2 is 1.23 bits per heavy atom. The molecule has 5 aromatic carbocycles. The fourth-order valence-electron chi connectivity index (χ4n) is 6.99. The lowest BCUT2D eigenvalue weighted by molar-refractivity contribution is 0.507. The first-order chi connectivity index (χ1) is 21.2. The molecule has 2 unspecified atom stereocenters. The summed E-state index contributed by atoms with van der Waals surface area (Å²) in [6.45, 7) is 2.38. The van der Waals surface area contributed by atoms with Crippen LogP contribution in [0.2, 0.25) is 0 Å². The van der Waals surface area contributed by atoms with Gasteiger partial charge in [-0.2, -0.15) is 0 Å². The Morgan fingerprint density at radius 1 is 0.605 bits per heavy atom. The maximum atomic E-state index is 5.02. The zero-order chi connectivity index (χ0) is 28.5. The predicted molar refractivity (Wildman–Crippen MR) is 180 cm³/mol. The summed E-state index contributed by atoms with van der Waals surface area (Å²) >= 11 is 1.93. The van der Waals surface area contributed by atoms with Crippen molar-refractivity contribution in [3.8, 4) is 45.0 Å². The number of hydrogen-bond acceptors (Lipinski definition) is 3. The monoisotopic (exact) mass is 569 g/mol. The van der Waals surface area contributed by atoms with E-state index in [2.05, 4.69) is 138 Å². The van der Waals surface area contributed by atoms with Crippen LogP contribution in [0.1, 0.15) is 18.4 Å². The predicted octanol–water partition coefficient (Wildman–Crippen LogP) is 10.3. The first-order valence-corrected chi connectivity index (χ1v) is 15.6. The summed E-state index contributed by atoms with van der Waals surface area (Å²) in [7, 11) is 0. The molecular weight excluding hydrogens is 543 g/mol. The van der Waals surface area contributed by atoms with Crippen molar-refractivity contribution in [3.05, 3.63) is 144 Å². The van der Waals surface area contributed by atoms with E-state index in [1.165, 1.54) is 38.5 Å². The van der Waals surface area contributed by atoms with Gasteiger partial charge >= 0.3 is 0 Å². The topological polar surface area (TPSA) is 30.7 Å². The summed E-state index contributed by atoms with van der Waals surface area (Å²) in [6.07, 6.45) is 2.38. The molecule has 2 aliphatic heterocycles. The molecule has 0 fully saturated rings. The van der Waals surface area contributed by atoms with Crippen molar-refractivity contribution in [2.75, 3.05) is 0 Å². The highest BCUT2D eigenvalue weighted by Crippen LogP contribution is 2.59. The van der Waals surface area contributed by atoms with Gasteiger partial charge in [0.2, 0.25) is 0 Å². The Balaban J connectivity index is 1.17. The van der Waals surface area contributed by atoms with Gasteiger partial charge in [0, 0.05) is 33.4 Å². The molecule has 0 radical (unpaired) electrons. The molecule has 204 valence electrons. The number of thioether (sulfide) groups is 1. The maximum absolute atomic E-state index is 5.02. The standard InChI is InChI=1S/C39H27N3S/c1-39-33(20-21-43-39)32-23-29(22-31-30-14-8-9-15-36(30)42(39)37(31)32)25-16-18-28(19-17-25)38-40-34(26-10-4-2-5-11-26)24-35(41-38)27-12-6-3-7-13-27/h2-24,33H,1H3. The molecule has 4 heterocycles. The molecule has 0 N–H and O–H groups in total. The summed E-state index contributed by atoms with van der Waals surface area (Å²) in [4.78, 5) is 10.0. The second-order valence-electron chi connectivity index (χ2n) is 11.6. The Morgan fingerprint density at radius 3 is 1.93 bits per heavy atom. The van der Waals surface area contributed by atoms with Gasteiger partial charge < -0.3 is 4.57 Å². The van der Waals surface area contributed by atoms with Crippen LogP contribution in [0.3, 0.4) is 0 Å². The van der Waals surface area contributed by atoms with Gasteiger partial charge in [-0.05, 0) is 53.3 Å². The van der Waals surface area contributed by atoms with Crippen LogP contribution in [0.25, 0.3) is 66.8 Å². The van der Waals surface area contributed by atoms with Gasteiger partial charge in [-0.15, -0.1) is 11.8 Å². The minimum atomic E-state index is -0.0241. The average Bonchev–Trinajstić information content (AvgIpc) is 3.70. The van der Waals surface area contributed by atoms with Crippen molar-refractivity contribution >= 4 is 33.6 Å². The highest BCUT2D eigenvalue weighted by atomic mass is 32.2. The third-order valence-corrected chi connectivity index (χ3v) is 10.3. The van der Waals surface area contributed by atoms with Crippen LogP contribution >= 0.6 is 11.8 Å². The minimum Gasteiger partial charge on any atom is -0.324 e. The summed E-state index contributed by atoms with van der Waals surface area (Å²) in [6, 6.07) is 45.2. The number of para-hydroxylation sites is 1. The van der Waals surface area contributed by atoms with Crippen LogP contribution in [-0.2, 0) is 4.87 Å². The molecule has 0 spiro atoms. The van der Waals surface area contributed by atoms with E-state index in [0.29, 0.717) is 5.92 Å². The van der Waals surface area contributed by atoms with Crippen LogP contribution in [0.4, 0.5) is 0 Å². The van der Waals surface area contributed by atoms with Crippen molar-refractivity contribution in [3.63, 3.8) is 0 Å². The van der Waals surface area contributed by atoms with E-state index >= 15 is 0 Å². The van der Waals surface area contributed by atoms with Crippen LogP contribution in [0.5, 0.6) is 0 Å². The molecule has 9 rings (SSSR count). The zero-order valence-corrected chi connectivity index (χ0v) is 24.4. The molecule has 0 saturated heterocycles. The van der Waals surface area contributed by atoms with Gasteiger partial charge in [0.25, 0.3) is 0 Å². The lowest BCUT2D eigenvalue weighted by Gasteiger charge is -2.27. The first kappa shape index (κ1) is 24.6. The van der Waals surface area contributed by atoms with E-state index in [9.17, 15) is 0 Å². The average molecular weight is 570 g/mol. The number of allylic oxidation sites excluding steroid dienone is 1. The summed E-state index contributed by atoms with van der Waals surface area (Å²) in [5.74, 6) is 1.09. The van der Waals surface area contributed by atoms with Gasteiger partial charge in [0.05, 0.1) is 22.4 Å². The minimum absolute atomic E-state index is 0.0241. The quantitative estimate of drug-likeness (QED) is 0.211. The third kappa shape index (κ3) is 3.70. The van der Waals surface area contributed by atoms with E-state index in [-0.39, 0.29) is 4.87 Å². The molecule has 2 aliphatic rings. The molecule has 2 aromatic heterocycles. The molecule has 3 nitrogen and oxygen atoms in total. The molecule has 0 amide bonds. The molecule has 0 saturated carbocycles. The molecule has 43 heavy (non-hydrogen) atoms. The van der Waals surface area contributed by atoms with Gasteiger partial charge in [-0.25, -0.2) is 9.97 Å². The van der Waals surface area contributed by atoms with Crippen molar-refractivity contribution < 1.29 is 0 Å². The SMILES string of the molecule is CC12SC=CC1c1cc(-c3ccc(-c4nc(-c5ccccc5)cc(-c5ccccc5)n4)cc3)cc3c4ccccc4n2c13. The van der Waals surface area contributed by atoms with E-state index < -0.39 is 0 Å². The third-order valence-electron chi connectivity index (χ3n) is 9.07. The van der Waals surface area contributed by atoms with Gasteiger partial charge in [0.1, 0.15) is 4.87 Å². The van der Waals surface area contributed by atoms with E-state index in [0.717, 1.165) is 33.9 Å². The molecule has 2 atom stereocenters. The van der Waals surface area contributed by atoms with Crippen LogP contribution < -0.4 is 0 Å². The fraction of sp³-hybridized carbons (Fsp3) is 0.0769. The zero-order valence-electron chi connectivity index (χ0n) is 23.6. The number of hydrogen-bond donors (Lipinski definition) is 0. The maximum Gasteiger partial charge on any atom is 0.160 e. The fourth-order valence-corrected chi connectivity index (χ4v) is 8.15. The summed E-state index contributed by atoms with van der Waals surface area (Å²) < 4.78 is 2.58. The normalized spacial score (nSPS) is 18.5. The lowest BCUT2D eigenvalue weighted by Crippen LogP contribution is -2.24. The molecule has 0 aliphatic carbocycles. The Kier molecular flexibility index (Phi) is 5.32. The molecule has 0 bridgehead atoms. The number of aromatic nitrogens is 3.